The Bertz CT molecular complexity index is 869. The van der Waals surface area contributed by atoms with Gasteiger partial charge in [-0.3, -0.25) is 9.88 Å². The third-order valence-electron chi connectivity index (χ3n) is 5.98. The lowest BCUT2D eigenvalue weighted by atomic mass is 10.0. The summed E-state index contributed by atoms with van der Waals surface area (Å²) in [5.41, 5.74) is 7.39. The number of methoxy groups -OCH3 is 1. The zero-order chi connectivity index (χ0) is 20.2. The maximum Gasteiger partial charge on any atom is 0.0666 e. The molecule has 154 valence electrons. The topological polar surface area (TPSA) is 40.6 Å². The van der Waals surface area contributed by atoms with Crippen molar-refractivity contribution in [3.63, 3.8) is 0 Å². The van der Waals surface area contributed by atoms with Crippen molar-refractivity contribution in [2.45, 2.75) is 26.3 Å². The molecule has 0 unspecified atom stereocenters. The van der Waals surface area contributed by atoms with Crippen LogP contribution in [0.4, 0.5) is 11.4 Å². The molecule has 2 aromatic rings. The van der Waals surface area contributed by atoms with Gasteiger partial charge >= 0.3 is 0 Å². The third-order valence-corrected chi connectivity index (χ3v) is 5.98. The van der Waals surface area contributed by atoms with Crippen LogP contribution in [0.1, 0.15) is 36.2 Å². The van der Waals surface area contributed by atoms with Crippen LogP contribution in [-0.4, -0.2) is 62.4 Å². The van der Waals surface area contributed by atoms with Gasteiger partial charge in [-0.05, 0) is 54.8 Å². The summed E-state index contributed by atoms with van der Waals surface area (Å²) >= 11 is 0. The number of aromatic nitrogens is 1. The molecule has 1 aliphatic heterocycles. The number of pyridine rings is 1. The van der Waals surface area contributed by atoms with E-state index in [4.69, 9.17) is 9.72 Å². The van der Waals surface area contributed by atoms with E-state index in [1.807, 2.05) is 6.20 Å². The predicted octanol–water partition coefficient (Wildman–Crippen LogP) is 3.74. The lowest BCUT2D eigenvalue weighted by Gasteiger charge is -2.38. The van der Waals surface area contributed by atoms with Crippen LogP contribution in [0.15, 0.2) is 30.5 Å². The van der Waals surface area contributed by atoms with E-state index in [9.17, 15) is 0 Å². The van der Waals surface area contributed by atoms with Crippen LogP contribution in [0.2, 0.25) is 0 Å². The van der Waals surface area contributed by atoms with Gasteiger partial charge in [-0.25, -0.2) is 0 Å². The molecule has 1 N–H and O–H groups in total. The first-order valence-corrected chi connectivity index (χ1v) is 10.7. The molecule has 5 heteroatoms. The zero-order valence-corrected chi connectivity index (χ0v) is 17.8. The molecule has 4 rings (SSSR count). The fourth-order valence-corrected chi connectivity index (χ4v) is 4.17. The van der Waals surface area contributed by atoms with Crippen molar-refractivity contribution >= 4 is 23.5 Å². The van der Waals surface area contributed by atoms with Crippen LogP contribution in [0.25, 0.3) is 12.2 Å². The Labute approximate surface area is 174 Å². The minimum Gasteiger partial charge on any atom is -0.383 e. The molecular formula is C24H32N4O. The minimum absolute atomic E-state index is 0.621. The molecule has 2 aliphatic rings. The molecule has 0 radical (unpaired) electrons. The molecule has 1 aromatic heterocycles. The lowest BCUT2D eigenvalue weighted by Crippen LogP contribution is -2.48. The average Bonchev–Trinajstić information content (AvgIpc) is 2.92. The fourth-order valence-electron chi connectivity index (χ4n) is 4.17. The molecule has 1 fully saturated rings. The molecule has 1 aliphatic carbocycles. The summed E-state index contributed by atoms with van der Waals surface area (Å²) < 4.78 is 5.14. The molecule has 0 atom stereocenters. The average molecular weight is 393 g/mol. The molecule has 2 heterocycles. The number of anilines is 2. The highest BCUT2D eigenvalue weighted by molar-refractivity contribution is 5.76. The van der Waals surface area contributed by atoms with Gasteiger partial charge in [0.2, 0.25) is 0 Å². The SMILES string of the molecule is COCCNc1ccc2c(c1)Cc1cc(N3CCN(C(C)C)CC3)cnc1C=C2. The Morgan fingerprint density at radius 1 is 1.07 bits per heavy atom. The summed E-state index contributed by atoms with van der Waals surface area (Å²) in [5, 5.41) is 3.44. The molecule has 0 amide bonds. The summed E-state index contributed by atoms with van der Waals surface area (Å²) in [6.07, 6.45) is 7.29. The van der Waals surface area contributed by atoms with Crippen LogP contribution < -0.4 is 10.2 Å². The largest absolute Gasteiger partial charge is 0.383 e. The van der Waals surface area contributed by atoms with Gasteiger partial charge in [-0.1, -0.05) is 12.1 Å². The number of benzene rings is 1. The molecule has 1 saturated heterocycles. The Hall–Kier alpha value is -2.37. The number of rotatable bonds is 6. The highest BCUT2D eigenvalue weighted by Gasteiger charge is 2.20. The second-order valence-corrected chi connectivity index (χ2v) is 8.20. The standard InChI is InChI=1S/C24H32N4O/c1-18(2)27-9-11-28(12-10-27)23-16-21-14-20-15-22(25-8-13-29-3)6-4-19(20)5-7-24(21)26-17-23/h4-7,15-18,25H,8-14H2,1-3H3. The van der Waals surface area contributed by atoms with Crippen molar-refractivity contribution in [1.29, 1.82) is 0 Å². The Kier molecular flexibility index (Phi) is 6.16. The van der Waals surface area contributed by atoms with Gasteiger partial charge in [0, 0.05) is 58.0 Å². The first kappa shape index (κ1) is 19.9. The monoisotopic (exact) mass is 392 g/mol. The van der Waals surface area contributed by atoms with Crippen molar-refractivity contribution in [3.8, 4) is 0 Å². The fraction of sp³-hybridized carbons (Fsp3) is 0.458. The van der Waals surface area contributed by atoms with Gasteiger partial charge in [0.05, 0.1) is 24.2 Å². The maximum absolute atomic E-state index is 5.14. The second-order valence-electron chi connectivity index (χ2n) is 8.20. The molecule has 0 saturated carbocycles. The predicted molar refractivity (Wildman–Crippen MR) is 122 cm³/mol. The lowest BCUT2D eigenvalue weighted by molar-refractivity contribution is 0.209. The molecular weight excluding hydrogens is 360 g/mol. The number of ether oxygens (including phenoxy) is 1. The van der Waals surface area contributed by atoms with Crippen molar-refractivity contribution in [1.82, 2.24) is 9.88 Å². The molecule has 0 spiro atoms. The van der Waals surface area contributed by atoms with E-state index in [0.29, 0.717) is 12.6 Å². The summed E-state index contributed by atoms with van der Waals surface area (Å²) in [6.45, 7) is 10.5. The summed E-state index contributed by atoms with van der Waals surface area (Å²) in [5.74, 6) is 0. The van der Waals surface area contributed by atoms with E-state index in [1.165, 1.54) is 22.4 Å². The van der Waals surface area contributed by atoms with Gasteiger partial charge in [0.25, 0.3) is 0 Å². The number of fused-ring (bicyclic) bond motifs is 2. The van der Waals surface area contributed by atoms with Crippen molar-refractivity contribution in [2.75, 3.05) is 56.7 Å². The van der Waals surface area contributed by atoms with Gasteiger partial charge in [-0.15, -0.1) is 0 Å². The number of hydrogen-bond donors (Lipinski definition) is 1. The third kappa shape index (κ3) is 4.62. The molecule has 1 aromatic carbocycles. The van der Waals surface area contributed by atoms with Crippen LogP contribution in [-0.2, 0) is 11.2 Å². The van der Waals surface area contributed by atoms with E-state index in [1.54, 1.807) is 7.11 Å². The van der Waals surface area contributed by atoms with Crippen molar-refractivity contribution in [3.05, 3.63) is 52.8 Å². The first-order chi connectivity index (χ1) is 14.1. The molecule has 0 bridgehead atoms. The molecule has 29 heavy (non-hydrogen) atoms. The van der Waals surface area contributed by atoms with Crippen molar-refractivity contribution in [2.24, 2.45) is 0 Å². The van der Waals surface area contributed by atoms with Crippen LogP contribution in [0.5, 0.6) is 0 Å². The van der Waals surface area contributed by atoms with E-state index < -0.39 is 0 Å². The number of nitrogens with zero attached hydrogens (tertiary/aromatic N) is 3. The van der Waals surface area contributed by atoms with Gasteiger partial charge in [-0.2, -0.15) is 0 Å². The zero-order valence-electron chi connectivity index (χ0n) is 17.8. The summed E-state index contributed by atoms with van der Waals surface area (Å²) in [7, 11) is 1.73. The van der Waals surface area contributed by atoms with Crippen LogP contribution >= 0.6 is 0 Å². The van der Waals surface area contributed by atoms with E-state index in [2.05, 4.69) is 65.4 Å². The normalized spacial score (nSPS) is 16.5. The number of hydrogen-bond acceptors (Lipinski definition) is 5. The Morgan fingerprint density at radius 2 is 1.90 bits per heavy atom. The van der Waals surface area contributed by atoms with Crippen LogP contribution in [0, 0.1) is 0 Å². The maximum atomic E-state index is 5.14. The molecule has 5 nitrogen and oxygen atoms in total. The van der Waals surface area contributed by atoms with E-state index in [-0.39, 0.29) is 0 Å². The smallest absolute Gasteiger partial charge is 0.0666 e. The Balaban J connectivity index is 1.52. The van der Waals surface area contributed by atoms with Crippen LogP contribution in [0.3, 0.4) is 0 Å². The van der Waals surface area contributed by atoms with Gasteiger partial charge in [0.15, 0.2) is 0 Å². The second kappa shape index (κ2) is 8.97. The van der Waals surface area contributed by atoms with E-state index >= 15 is 0 Å². The van der Waals surface area contributed by atoms with Crippen molar-refractivity contribution < 1.29 is 4.74 Å². The summed E-state index contributed by atoms with van der Waals surface area (Å²) in [4.78, 5) is 9.82. The highest BCUT2D eigenvalue weighted by atomic mass is 16.5. The number of nitrogens with one attached hydrogen (secondary N) is 1. The minimum atomic E-state index is 0.621. The first-order valence-electron chi connectivity index (χ1n) is 10.7. The van der Waals surface area contributed by atoms with E-state index in [0.717, 1.165) is 50.5 Å². The Morgan fingerprint density at radius 3 is 2.66 bits per heavy atom. The summed E-state index contributed by atoms with van der Waals surface area (Å²) in [6, 6.07) is 9.56. The number of piperazine rings is 1. The van der Waals surface area contributed by atoms with Gasteiger partial charge in [0.1, 0.15) is 0 Å². The highest BCUT2D eigenvalue weighted by Crippen LogP contribution is 2.29. The van der Waals surface area contributed by atoms with Gasteiger partial charge < -0.3 is 15.0 Å². The quantitative estimate of drug-likeness (QED) is 0.647.